The van der Waals surface area contributed by atoms with Crippen LogP contribution in [0.2, 0.25) is 0 Å². The molecular formula is C18H22F2O. The Hall–Kier alpha value is -1.51. The van der Waals surface area contributed by atoms with Crippen molar-refractivity contribution < 1.29 is 13.6 Å². The van der Waals surface area contributed by atoms with Crippen LogP contribution >= 0.6 is 0 Å². The lowest BCUT2D eigenvalue weighted by atomic mass is 9.81. The summed E-state index contributed by atoms with van der Waals surface area (Å²) in [5, 5.41) is 0. The van der Waals surface area contributed by atoms with E-state index >= 15 is 0 Å². The SMILES string of the molecule is CC(CC(C(=O)C1CCCCC1)=C(F)F)c1ccccc1. The fourth-order valence-corrected chi connectivity index (χ4v) is 3.09. The third kappa shape index (κ3) is 4.23. The van der Waals surface area contributed by atoms with Gasteiger partial charge in [-0.3, -0.25) is 4.79 Å². The Bertz CT molecular complexity index is 497. The molecule has 0 aliphatic heterocycles. The number of benzene rings is 1. The quantitative estimate of drug-likeness (QED) is 0.657. The average Bonchev–Trinajstić information content (AvgIpc) is 2.53. The largest absolute Gasteiger partial charge is 0.294 e. The molecule has 0 spiro atoms. The lowest BCUT2D eigenvalue weighted by molar-refractivity contribution is -0.120. The third-order valence-corrected chi connectivity index (χ3v) is 4.38. The Morgan fingerprint density at radius 3 is 2.33 bits per heavy atom. The van der Waals surface area contributed by atoms with Crippen LogP contribution in [0.15, 0.2) is 42.0 Å². The molecule has 0 aromatic heterocycles. The van der Waals surface area contributed by atoms with E-state index in [0.29, 0.717) is 0 Å². The Morgan fingerprint density at radius 1 is 1.14 bits per heavy atom. The summed E-state index contributed by atoms with van der Waals surface area (Å²) in [6.07, 6.45) is 2.92. The Labute approximate surface area is 125 Å². The summed E-state index contributed by atoms with van der Waals surface area (Å²) in [5.41, 5.74) is 0.742. The highest BCUT2D eigenvalue weighted by Gasteiger charge is 2.28. The van der Waals surface area contributed by atoms with Crippen molar-refractivity contribution in [3.05, 3.63) is 47.5 Å². The first-order valence-electron chi connectivity index (χ1n) is 7.73. The Balaban J connectivity index is 2.09. The topological polar surface area (TPSA) is 17.1 Å². The van der Waals surface area contributed by atoms with E-state index in [1.165, 1.54) is 0 Å². The fraction of sp³-hybridized carbons (Fsp3) is 0.500. The van der Waals surface area contributed by atoms with Gasteiger partial charge >= 0.3 is 0 Å². The molecule has 0 saturated heterocycles. The predicted octanol–water partition coefficient (Wildman–Crippen LogP) is 5.48. The van der Waals surface area contributed by atoms with E-state index in [9.17, 15) is 13.6 Å². The van der Waals surface area contributed by atoms with Gasteiger partial charge in [0.1, 0.15) is 0 Å². The maximum Gasteiger partial charge on any atom is 0.277 e. The summed E-state index contributed by atoms with van der Waals surface area (Å²) in [5.74, 6) is -0.592. The molecule has 3 heteroatoms. The molecule has 1 aromatic carbocycles. The van der Waals surface area contributed by atoms with Crippen LogP contribution in [-0.2, 0) is 4.79 Å². The summed E-state index contributed by atoms with van der Waals surface area (Å²) >= 11 is 0. The molecule has 2 rings (SSSR count). The summed E-state index contributed by atoms with van der Waals surface area (Å²) in [4.78, 5) is 12.4. The van der Waals surface area contributed by atoms with E-state index in [1.54, 1.807) is 0 Å². The molecule has 1 aliphatic carbocycles. The molecule has 1 fully saturated rings. The van der Waals surface area contributed by atoms with Crippen LogP contribution in [-0.4, -0.2) is 5.78 Å². The maximum absolute atomic E-state index is 13.2. The molecule has 0 heterocycles. The van der Waals surface area contributed by atoms with Crippen molar-refractivity contribution in [1.29, 1.82) is 0 Å². The normalized spacial score (nSPS) is 17.3. The first-order chi connectivity index (χ1) is 10.1. The van der Waals surface area contributed by atoms with Crippen LogP contribution in [0, 0.1) is 5.92 Å². The lowest BCUT2D eigenvalue weighted by Crippen LogP contribution is -2.21. The van der Waals surface area contributed by atoms with E-state index < -0.39 is 6.08 Å². The molecule has 1 atom stereocenters. The minimum atomic E-state index is -1.80. The Kier molecular flexibility index (Phi) is 5.66. The van der Waals surface area contributed by atoms with E-state index in [0.717, 1.165) is 37.7 Å². The van der Waals surface area contributed by atoms with Gasteiger partial charge in [-0.25, -0.2) is 0 Å². The summed E-state index contributed by atoms with van der Waals surface area (Å²) in [7, 11) is 0. The zero-order valence-electron chi connectivity index (χ0n) is 12.4. The minimum Gasteiger partial charge on any atom is -0.294 e. The average molecular weight is 292 g/mol. The highest BCUT2D eigenvalue weighted by molar-refractivity contribution is 5.97. The van der Waals surface area contributed by atoms with Crippen LogP contribution in [0.1, 0.15) is 56.9 Å². The van der Waals surface area contributed by atoms with Gasteiger partial charge in [0.05, 0.1) is 5.57 Å². The van der Waals surface area contributed by atoms with E-state index in [-0.39, 0.29) is 29.6 Å². The van der Waals surface area contributed by atoms with E-state index in [4.69, 9.17) is 0 Å². The number of carbonyl (C=O) groups is 1. The number of rotatable bonds is 5. The number of carbonyl (C=O) groups excluding carboxylic acids is 1. The van der Waals surface area contributed by atoms with Gasteiger partial charge < -0.3 is 0 Å². The number of ketones is 1. The van der Waals surface area contributed by atoms with Gasteiger partial charge in [0.2, 0.25) is 0 Å². The van der Waals surface area contributed by atoms with Gasteiger partial charge in [0.25, 0.3) is 6.08 Å². The van der Waals surface area contributed by atoms with Gasteiger partial charge in [-0.05, 0) is 30.7 Å². The van der Waals surface area contributed by atoms with Gasteiger partial charge in [0, 0.05) is 5.92 Å². The van der Waals surface area contributed by atoms with E-state index in [2.05, 4.69) is 0 Å². The standard InChI is InChI=1S/C18H22F2O/c1-13(14-8-4-2-5-9-14)12-16(18(19)20)17(21)15-10-6-3-7-11-15/h2,4-5,8-9,13,15H,3,6-7,10-12H2,1H3. The van der Waals surface area contributed by atoms with Crippen molar-refractivity contribution in [2.45, 2.75) is 51.4 Å². The minimum absolute atomic E-state index is 0.0739. The first kappa shape index (κ1) is 15.9. The molecule has 1 saturated carbocycles. The van der Waals surface area contributed by atoms with Crippen molar-refractivity contribution in [2.24, 2.45) is 5.92 Å². The van der Waals surface area contributed by atoms with Crippen molar-refractivity contribution >= 4 is 5.78 Å². The number of hydrogen-bond donors (Lipinski definition) is 0. The smallest absolute Gasteiger partial charge is 0.277 e. The van der Waals surface area contributed by atoms with Crippen molar-refractivity contribution in [2.75, 3.05) is 0 Å². The fourth-order valence-electron chi connectivity index (χ4n) is 3.09. The summed E-state index contributed by atoms with van der Waals surface area (Å²) < 4.78 is 26.5. The van der Waals surface area contributed by atoms with Crippen LogP contribution in [0.5, 0.6) is 0 Å². The van der Waals surface area contributed by atoms with E-state index in [1.807, 2.05) is 37.3 Å². The van der Waals surface area contributed by atoms with Crippen LogP contribution in [0.25, 0.3) is 0 Å². The molecule has 1 unspecified atom stereocenters. The van der Waals surface area contributed by atoms with Crippen molar-refractivity contribution in [3.63, 3.8) is 0 Å². The molecule has 1 aliphatic rings. The number of halogens is 2. The molecule has 21 heavy (non-hydrogen) atoms. The molecule has 0 amide bonds. The maximum atomic E-state index is 13.2. The van der Waals surface area contributed by atoms with Gasteiger partial charge in [0.15, 0.2) is 5.78 Å². The summed E-state index contributed by atoms with van der Waals surface area (Å²) in [6, 6.07) is 9.52. The second kappa shape index (κ2) is 7.48. The predicted molar refractivity (Wildman–Crippen MR) is 80.3 cm³/mol. The number of hydrogen-bond acceptors (Lipinski definition) is 1. The molecular weight excluding hydrogens is 270 g/mol. The highest BCUT2D eigenvalue weighted by atomic mass is 19.3. The van der Waals surface area contributed by atoms with Crippen molar-refractivity contribution in [1.82, 2.24) is 0 Å². The highest BCUT2D eigenvalue weighted by Crippen LogP contribution is 2.32. The van der Waals surface area contributed by atoms with Gasteiger partial charge in [-0.2, -0.15) is 8.78 Å². The molecule has 114 valence electrons. The molecule has 0 N–H and O–H groups in total. The number of Topliss-reactive ketones (excluding diaryl/α,β-unsaturated/α-hetero) is 1. The monoisotopic (exact) mass is 292 g/mol. The second-order valence-electron chi connectivity index (χ2n) is 5.95. The van der Waals surface area contributed by atoms with Gasteiger partial charge in [-0.15, -0.1) is 0 Å². The summed E-state index contributed by atoms with van der Waals surface area (Å²) in [6.45, 7) is 1.90. The third-order valence-electron chi connectivity index (χ3n) is 4.38. The molecule has 1 nitrogen and oxygen atoms in total. The molecule has 1 aromatic rings. The van der Waals surface area contributed by atoms with Crippen LogP contribution in [0.4, 0.5) is 8.78 Å². The molecule has 0 radical (unpaired) electrons. The first-order valence-corrected chi connectivity index (χ1v) is 7.73. The number of allylic oxidation sites excluding steroid dienone is 1. The lowest BCUT2D eigenvalue weighted by Gasteiger charge is -2.22. The zero-order valence-corrected chi connectivity index (χ0v) is 12.4. The Morgan fingerprint density at radius 2 is 1.76 bits per heavy atom. The molecule has 0 bridgehead atoms. The van der Waals surface area contributed by atoms with Crippen LogP contribution < -0.4 is 0 Å². The van der Waals surface area contributed by atoms with Gasteiger partial charge in [-0.1, -0.05) is 56.5 Å². The second-order valence-corrected chi connectivity index (χ2v) is 5.95. The van der Waals surface area contributed by atoms with Crippen molar-refractivity contribution in [3.8, 4) is 0 Å². The zero-order chi connectivity index (χ0) is 15.2. The van der Waals surface area contributed by atoms with Crippen LogP contribution in [0.3, 0.4) is 0 Å².